The minimum atomic E-state index is 0.248. The molecule has 0 bridgehead atoms. The molecule has 26 heavy (non-hydrogen) atoms. The zero-order chi connectivity index (χ0) is 18.4. The number of anilines is 1. The molecule has 4 rings (SSSR count). The van der Waals surface area contributed by atoms with Crippen LogP contribution in [0.25, 0.3) is 0 Å². The van der Waals surface area contributed by atoms with Crippen molar-refractivity contribution < 1.29 is 0 Å². The van der Waals surface area contributed by atoms with Crippen LogP contribution in [0, 0.1) is 10.8 Å². The van der Waals surface area contributed by atoms with E-state index >= 15 is 0 Å². The molecule has 0 aromatic heterocycles. The lowest BCUT2D eigenvalue weighted by molar-refractivity contribution is 0.190. The largest absolute Gasteiger partial charge is 0.369 e. The molecule has 2 aromatic carbocycles. The molecule has 0 radical (unpaired) electrons. The minimum Gasteiger partial charge on any atom is -0.369 e. The van der Waals surface area contributed by atoms with Crippen LogP contribution in [0.1, 0.15) is 33.3 Å². The monoisotopic (exact) mass is 348 g/mol. The molecule has 2 aromatic rings. The Kier molecular flexibility index (Phi) is 4.15. The Hall–Kier alpha value is -1.80. The molecule has 0 amide bonds. The third kappa shape index (κ3) is 2.42. The molecular weight excluding hydrogens is 316 g/mol. The van der Waals surface area contributed by atoms with Crippen LogP contribution in [0.3, 0.4) is 0 Å². The van der Waals surface area contributed by atoms with Gasteiger partial charge in [0.15, 0.2) is 0 Å². The summed E-state index contributed by atoms with van der Waals surface area (Å²) in [6, 6.07) is 22.0. The maximum atomic E-state index is 2.69. The van der Waals surface area contributed by atoms with Crippen LogP contribution in [0.15, 0.2) is 60.7 Å². The second-order valence-electron chi connectivity index (χ2n) is 9.05. The summed E-state index contributed by atoms with van der Waals surface area (Å²) in [5, 5.41) is 0. The summed E-state index contributed by atoms with van der Waals surface area (Å²) in [6.45, 7) is 15.7. The predicted molar refractivity (Wildman–Crippen MR) is 111 cm³/mol. The molecule has 0 N–H and O–H groups in total. The SMILES string of the molecule is CC1(C)C(C)(CN2CCN(c3ccccc3)CC2)C1(C)c1ccccc1. The van der Waals surface area contributed by atoms with Gasteiger partial charge in [0.2, 0.25) is 0 Å². The van der Waals surface area contributed by atoms with Gasteiger partial charge in [0, 0.05) is 43.8 Å². The Balaban J connectivity index is 1.45. The average molecular weight is 349 g/mol. The van der Waals surface area contributed by atoms with Gasteiger partial charge in [-0.3, -0.25) is 4.90 Å². The van der Waals surface area contributed by atoms with Crippen molar-refractivity contribution in [3.05, 3.63) is 66.2 Å². The van der Waals surface area contributed by atoms with E-state index in [0.717, 1.165) is 26.2 Å². The maximum Gasteiger partial charge on any atom is 0.0367 e. The summed E-state index contributed by atoms with van der Waals surface area (Å²) in [5.41, 5.74) is 3.74. The van der Waals surface area contributed by atoms with E-state index in [4.69, 9.17) is 0 Å². The standard InChI is InChI=1S/C24H32N2/c1-22(2)23(3,24(22,4)20-11-7-5-8-12-20)19-25-15-17-26(18-16-25)21-13-9-6-10-14-21/h5-14H,15-19H2,1-4H3. The van der Waals surface area contributed by atoms with Crippen LogP contribution in [-0.2, 0) is 5.41 Å². The van der Waals surface area contributed by atoms with Crippen LogP contribution in [0.4, 0.5) is 5.69 Å². The van der Waals surface area contributed by atoms with Crippen molar-refractivity contribution in [2.24, 2.45) is 10.8 Å². The van der Waals surface area contributed by atoms with Crippen molar-refractivity contribution in [3.63, 3.8) is 0 Å². The highest BCUT2D eigenvalue weighted by Crippen LogP contribution is 2.78. The molecule has 0 spiro atoms. The fourth-order valence-corrected chi connectivity index (χ4v) is 5.50. The first-order chi connectivity index (χ1) is 12.4. The number of hydrogen-bond acceptors (Lipinski definition) is 2. The Morgan fingerprint density at radius 1 is 0.731 bits per heavy atom. The number of benzene rings is 2. The molecule has 2 nitrogen and oxygen atoms in total. The lowest BCUT2D eigenvalue weighted by Crippen LogP contribution is -2.48. The highest BCUT2D eigenvalue weighted by Gasteiger charge is 2.77. The maximum absolute atomic E-state index is 2.69. The van der Waals surface area contributed by atoms with Crippen LogP contribution >= 0.6 is 0 Å². The molecule has 1 saturated heterocycles. The minimum absolute atomic E-state index is 0.248. The third-order valence-electron chi connectivity index (χ3n) is 8.06. The summed E-state index contributed by atoms with van der Waals surface area (Å²) in [5.74, 6) is 0. The number of para-hydroxylation sites is 1. The van der Waals surface area contributed by atoms with Crippen LogP contribution in [0.2, 0.25) is 0 Å². The van der Waals surface area contributed by atoms with Crippen molar-refractivity contribution in [2.75, 3.05) is 37.6 Å². The lowest BCUT2D eigenvalue weighted by Gasteiger charge is -2.38. The van der Waals surface area contributed by atoms with Crippen LogP contribution in [-0.4, -0.2) is 37.6 Å². The third-order valence-corrected chi connectivity index (χ3v) is 8.06. The van der Waals surface area contributed by atoms with Gasteiger partial charge in [0.1, 0.15) is 0 Å². The highest BCUT2D eigenvalue weighted by atomic mass is 15.3. The zero-order valence-corrected chi connectivity index (χ0v) is 16.7. The number of piperazine rings is 1. The van der Waals surface area contributed by atoms with Crippen molar-refractivity contribution in [3.8, 4) is 0 Å². The van der Waals surface area contributed by atoms with Crippen molar-refractivity contribution in [1.29, 1.82) is 0 Å². The molecule has 2 atom stereocenters. The van der Waals surface area contributed by atoms with Gasteiger partial charge in [-0.25, -0.2) is 0 Å². The van der Waals surface area contributed by atoms with Gasteiger partial charge in [-0.2, -0.15) is 0 Å². The predicted octanol–water partition coefficient (Wildman–Crippen LogP) is 4.81. The summed E-state index contributed by atoms with van der Waals surface area (Å²) in [7, 11) is 0. The number of nitrogens with zero attached hydrogens (tertiary/aromatic N) is 2. The quantitative estimate of drug-likeness (QED) is 0.782. The van der Waals surface area contributed by atoms with E-state index < -0.39 is 0 Å². The first-order valence-corrected chi connectivity index (χ1v) is 9.98. The van der Waals surface area contributed by atoms with Crippen molar-refractivity contribution in [2.45, 2.75) is 33.1 Å². The molecule has 2 fully saturated rings. The zero-order valence-electron chi connectivity index (χ0n) is 16.7. The summed E-state index contributed by atoms with van der Waals surface area (Å²) in [6.07, 6.45) is 0. The molecule has 2 unspecified atom stereocenters. The van der Waals surface area contributed by atoms with E-state index in [2.05, 4.69) is 98.2 Å². The smallest absolute Gasteiger partial charge is 0.0367 e. The molecule has 1 aliphatic carbocycles. The van der Waals surface area contributed by atoms with Crippen LogP contribution < -0.4 is 4.90 Å². The first kappa shape index (κ1) is 17.6. The molecular formula is C24H32N2. The van der Waals surface area contributed by atoms with Gasteiger partial charge in [-0.1, -0.05) is 76.2 Å². The van der Waals surface area contributed by atoms with E-state index in [1.807, 2.05) is 0 Å². The second kappa shape index (κ2) is 6.13. The molecule has 1 aliphatic heterocycles. The highest BCUT2D eigenvalue weighted by molar-refractivity contribution is 5.47. The fraction of sp³-hybridized carbons (Fsp3) is 0.500. The van der Waals surface area contributed by atoms with Crippen molar-refractivity contribution in [1.82, 2.24) is 4.90 Å². The van der Waals surface area contributed by atoms with Gasteiger partial charge in [-0.15, -0.1) is 0 Å². The topological polar surface area (TPSA) is 6.48 Å². The summed E-state index contributed by atoms with van der Waals surface area (Å²) in [4.78, 5) is 5.21. The van der Waals surface area contributed by atoms with Crippen LogP contribution in [0.5, 0.6) is 0 Å². The Bertz CT molecular complexity index is 746. The second-order valence-corrected chi connectivity index (χ2v) is 9.05. The first-order valence-electron chi connectivity index (χ1n) is 9.98. The normalized spacial score (nSPS) is 31.0. The molecule has 138 valence electrons. The summed E-state index contributed by atoms with van der Waals surface area (Å²) < 4.78 is 0. The lowest BCUT2D eigenvalue weighted by atomic mass is 9.87. The van der Waals surface area contributed by atoms with E-state index in [0.29, 0.717) is 10.8 Å². The van der Waals surface area contributed by atoms with E-state index in [1.165, 1.54) is 17.8 Å². The molecule has 1 saturated carbocycles. The van der Waals surface area contributed by atoms with Gasteiger partial charge in [-0.05, 0) is 28.5 Å². The number of rotatable bonds is 4. The molecule has 2 heteroatoms. The van der Waals surface area contributed by atoms with Gasteiger partial charge in [0.05, 0.1) is 0 Å². The van der Waals surface area contributed by atoms with E-state index in [9.17, 15) is 0 Å². The van der Waals surface area contributed by atoms with Gasteiger partial charge in [0.25, 0.3) is 0 Å². The summed E-state index contributed by atoms with van der Waals surface area (Å²) >= 11 is 0. The van der Waals surface area contributed by atoms with Crippen molar-refractivity contribution >= 4 is 5.69 Å². The number of hydrogen-bond donors (Lipinski definition) is 0. The average Bonchev–Trinajstić information content (AvgIpc) is 3.03. The molecule has 2 aliphatic rings. The Morgan fingerprint density at radius 3 is 1.85 bits per heavy atom. The molecule has 1 heterocycles. The van der Waals surface area contributed by atoms with Gasteiger partial charge < -0.3 is 4.90 Å². The van der Waals surface area contributed by atoms with E-state index in [-0.39, 0.29) is 5.41 Å². The Labute approximate surface area is 158 Å². The Morgan fingerprint density at radius 2 is 1.27 bits per heavy atom. The fourth-order valence-electron chi connectivity index (χ4n) is 5.50. The van der Waals surface area contributed by atoms with E-state index in [1.54, 1.807) is 0 Å². The van der Waals surface area contributed by atoms with Gasteiger partial charge >= 0.3 is 0 Å².